The highest BCUT2D eigenvalue weighted by Gasteiger charge is 2.15. The van der Waals surface area contributed by atoms with Gasteiger partial charge in [0.2, 0.25) is 0 Å². The minimum Gasteiger partial charge on any atom is -0.504 e. The Hall–Kier alpha value is -2.17. The van der Waals surface area contributed by atoms with Gasteiger partial charge in [0, 0.05) is 10.4 Å². The number of phenols is 1. The summed E-state index contributed by atoms with van der Waals surface area (Å²) in [6.45, 7) is 0. The van der Waals surface area contributed by atoms with E-state index in [-0.39, 0.29) is 22.2 Å². The second-order valence-electron chi connectivity index (χ2n) is 4.39. The van der Waals surface area contributed by atoms with Crippen LogP contribution in [0.5, 0.6) is 5.75 Å². The lowest BCUT2D eigenvalue weighted by molar-refractivity contribution is 0.0998. The Kier molecular flexibility index (Phi) is 3.49. The third-order valence-electron chi connectivity index (χ3n) is 2.93. The molecule has 0 bridgehead atoms. The molecule has 0 saturated carbocycles. The molecule has 4 nitrogen and oxygen atoms in total. The minimum atomic E-state index is -0.500. The number of halogens is 2. The lowest BCUT2D eigenvalue weighted by atomic mass is 10.2. The summed E-state index contributed by atoms with van der Waals surface area (Å²) in [4.78, 5) is 12.2. The van der Waals surface area contributed by atoms with E-state index in [9.17, 15) is 9.90 Å². The highest BCUT2D eigenvalue weighted by molar-refractivity contribution is 6.36. The van der Waals surface area contributed by atoms with Crippen molar-refractivity contribution in [2.45, 2.75) is 0 Å². The summed E-state index contributed by atoms with van der Waals surface area (Å²) < 4.78 is 5.44. The highest BCUT2D eigenvalue weighted by atomic mass is 35.5. The first-order chi connectivity index (χ1) is 10.0. The van der Waals surface area contributed by atoms with Gasteiger partial charge in [0.1, 0.15) is 5.58 Å². The molecule has 0 aliphatic rings. The molecule has 2 N–H and O–H groups in total. The molecule has 0 radical (unpaired) electrons. The van der Waals surface area contributed by atoms with Crippen molar-refractivity contribution >= 4 is 45.8 Å². The number of amides is 1. The molecule has 1 heterocycles. The summed E-state index contributed by atoms with van der Waals surface area (Å²) in [5, 5.41) is 13.5. The molecule has 0 spiro atoms. The van der Waals surface area contributed by atoms with E-state index in [1.807, 2.05) is 18.2 Å². The number of anilines is 1. The monoisotopic (exact) mass is 321 g/mol. The minimum absolute atomic E-state index is 0.0578. The van der Waals surface area contributed by atoms with Crippen LogP contribution in [0.2, 0.25) is 10.0 Å². The van der Waals surface area contributed by atoms with Crippen molar-refractivity contribution < 1.29 is 14.3 Å². The lowest BCUT2D eigenvalue weighted by Crippen LogP contribution is -2.11. The highest BCUT2D eigenvalue weighted by Crippen LogP contribution is 2.35. The Morgan fingerprint density at radius 1 is 1.14 bits per heavy atom. The number of nitrogens with one attached hydrogen (secondary N) is 1. The average molecular weight is 322 g/mol. The molecule has 0 aliphatic carbocycles. The van der Waals surface area contributed by atoms with Crippen LogP contribution in [0.25, 0.3) is 11.0 Å². The van der Waals surface area contributed by atoms with Crippen molar-refractivity contribution in [2.24, 2.45) is 0 Å². The van der Waals surface area contributed by atoms with Gasteiger partial charge in [0.25, 0.3) is 5.91 Å². The van der Waals surface area contributed by atoms with Crippen molar-refractivity contribution in [2.75, 3.05) is 5.32 Å². The second kappa shape index (κ2) is 5.31. The van der Waals surface area contributed by atoms with Gasteiger partial charge in [-0.05, 0) is 24.3 Å². The topological polar surface area (TPSA) is 62.5 Å². The molecular formula is C15H9Cl2NO3. The second-order valence-corrected chi connectivity index (χ2v) is 5.23. The van der Waals surface area contributed by atoms with E-state index in [2.05, 4.69) is 5.32 Å². The Labute approximate surface area is 129 Å². The number of fused-ring (bicyclic) bond motifs is 1. The van der Waals surface area contributed by atoms with E-state index in [1.54, 1.807) is 12.1 Å². The van der Waals surface area contributed by atoms with Gasteiger partial charge in [-0.2, -0.15) is 0 Å². The number of phenolic OH excluding ortho intramolecular Hbond substituents is 1. The fraction of sp³-hybridized carbons (Fsp3) is 0. The SMILES string of the molecule is O=C(Nc1cc(Cl)cc(Cl)c1O)c1cc2ccccc2o1. The summed E-state index contributed by atoms with van der Waals surface area (Å²) in [6, 6.07) is 11.7. The van der Waals surface area contributed by atoms with E-state index >= 15 is 0 Å². The molecule has 106 valence electrons. The van der Waals surface area contributed by atoms with Gasteiger partial charge in [-0.25, -0.2) is 0 Å². The summed E-state index contributed by atoms with van der Waals surface area (Å²) >= 11 is 11.6. The normalized spacial score (nSPS) is 10.8. The zero-order chi connectivity index (χ0) is 15.0. The van der Waals surface area contributed by atoms with Gasteiger partial charge in [0.05, 0.1) is 10.7 Å². The molecule has 3 rings (SSSR count). The molecule has 6 heteroatoms. The van der Waals surface area contributed by atoms with E-state index in [1.165, 1.54) is 12.1 Å². The smallest absolute Gasteiger partial charge is 0.291 e. The summed E-state index contributed by atoms with van der Waals surface area (Å²) in [7, 11) is 0. The zero-order valence-electron chi connectivity index (χ0n) is 10.6. The van der Waals surface area contributed by atoms with Crippen LogP contribution in [-0.4, -0.2) is 11.0 Å². The van der Waals surface area contributed by atoms with Crippen LogP contribution < -0.4 is 5.32 Å². The number of carbonyl (C=O) groups excluding carboxylic acids is 1. The molecule has 2 aromatic carbocycles. The number of aromatic hydroxyl groups is 1. The molecule has 0 saturated heterocycles. The van der Waals surface area contributed by atoms with Gasteiger partial charge in [-0.3, -0.25) is 4.79 Å². The molecule has 0 aliphatic heterocycles. The summed E-state index contributed by atoms with van der Waals surface area (Å²) in [6.07, 6.45) is 0. The Balaban J connectivity index is 1.93. The molecular weight excluding hydrogens is 313 g/mol. The van der Waals surface area contributed by atoms with Gasteiger partial charge >= 0.3 is 0 Å². The number of benzene rings is 2. The maximum absolute atomic E-state index is 12.2. The molecule has 21 heavy (non-hydrogen) atoms. The summed E-state index contributed by atoms with van der Waals surface area (Å²) in [5.74, 6) is -0.614. The number of furan rings is 1. The van der Waals surface area contributed by atoms with Gasteiger partial charge < -0.3 is 14.8 Å². The molecule has 3 aromatic rings. The first kappa shape index (κ1) is 13.8. The van der Waals surface area contributed by atoms with Crippen LogP contribution in [0.1, 0.15) is 10.6 Å². The fourth-order valence-corrected chi connectivity index (χ4v) is 2.43. The lowest BCUT2D eigenvalue weighted by Gasteiger charge is -2.07. The van der Waals surface area contributed by atoms with Crippen molar-refractivity contribution in [3.05, 3.63) is 58.3 Å². The van der Waals surface area contributed by atoms with E-state index in [4.69, 9.17) is 27.6 Å². The Morgan fingerprint density at radius 3 is 2.67 bits per heavy atom. The zero-order valence-corrected chi connectivity index (χ0v) is 12.1. The first-order valence-electron chi connectivity index (χ1n) is 6.02. The predicted octanol–water partition coefficient (Wildman–Crippen LogP) is 4.70. The number of carbonyl (C=O) groups is 1. The van der Waals surface area contributed by atoms with Crippen LogP contribution in [0.4, 0.5) is 5.69 Å². The first-order valence-corrected chi connectivity index (χ1v) is 6.78. The quantitative estimate of drug-likeness (QED) is 0.672. The molecule has 1 amide bonds. The van der Waals surface area contributed by atoms with Crippen LogP contribution in [0, 0.1) is 0 Å². The van der Waals surface area contributed by atoms with Gasteiger partial charge in [-0.1, -0.05) is 41.4 Å². The molecule has 1 aromatic heterocycles. The van der Waals surface area contributed by atoms with Crippen LogP contribution >= 0.6 is 23.2 Å². The van der Waals surface area contributed by atoms with Crippen molar-refractivity contribution in [3.8, 4) is 5.75 Å². The number of rotatable bonds is 2. The van der Waals surface area contributed by atoms with Crippen molar-refractivity contribution in [1.82, 2.24) is 0 Å². The van der Waals surface area contributed by atoms with Gasteiger partial charge in [0.15, 0.2) is 11.5 Å². The third kappa shape index (κ3) is 2.68. The fourth-order valence-electron chi connectivity index (χ4n) is 1.94. The van der Waals surface area contributed by atoms with Crippen LogP contribution in [0.15, 0.2) is 46.9 Å². The predicted molar refractivity (Wildman–Crippen MR) is 82.3 cm³/mol. The van der Waals surface area contributed by atoms with Crippen LogP contribution in [-0.2, 0) is 0 Å². The van der Waals surface area contributed by atoms with Gasteiger partial charge in [-0.15, -0.1) is 0 Å². The summed E-state index contributed by atoms with van der Waals surface area (Å²) in [5.41, 5.74) is 0.731. The molecule has 0 fully saturated rings. The number of para-hydroxylation sites is 1. The maximum atomic E-state index is 12.2. The van der Waals surface area contributed by atoms with Crippen molar-refractivity contribution in [3.63, 3.8) is 0 Å². The van der Waals surface area contributed by atoms with E-state index < -0.39 is 5.91 Å². The molecule has 0 atom stereocenters. The third-order valence-corrected chi connectivity index (χ3v) is 3.43. The molecule has 0 unspecified atom stereocenters. The van der Waals surface area contributed by atoms with E-state index in [0.29, 0.717) is 10.6 Å². The Bertz CT molecular complexity index is 809. The average Bonchev–Trinajstić information content (AvgIpc) is 2.88. The largest absolute Gasteiger partial charge is 0.504 e. The van der Waals surface area contributed by atoms with Crippen LogP contribution in [0.3, 0.4) is 0 Å². The standard InChI is InChI=1S/C15H9Cl2NO3/c16-9-6-10(17)14(19)11(7-9)18-15(20)13-5-8-3-1-2-4-12(8)21-13/h1-7,19H,(H,18,20). The maximum Gasteiger partial charge on any atom is 0.291 e. The van der Waals surface area contributed by atoms with E-state index in [0.717, 1.165) is 5.39 Å². The number of hydrogen-bond acceptors (Lipinski definition) is 3. The number of hydrogen-bond donors (Lipinski definition) is 2. The Morgan fingerprint density at radius 2 is 1.90 bits per heavy atom. The van der Waals surface area contributed by atoms with Crippen molar-refractivity contribution in [1.29, 1.82) is 0 Å².